The summed E-state index contributed by atoms with van der Waals surface area (Å²) in [5.41, 5.74) is -1.60. The average Bonchev–Trinajstić information content (AvgIpc) is 2.44. The summed E-state index contributed by atoms with van der Waals surface area (Å²) >= 11 is 0. The van der Waals surface area contributed by atoms with Gasteiger partial charge >= 0.3 is 12.1 Å². The molecule has 6 nitrogen and oxygen atoms in total. The SMILES string of the molecule is CC(C)(C)[C@@](CCO)(NC(=O)OCc1ccccc1)C(=O)O. The number of aliphatic hydroxyl groups excluding tert-OH is 1. The molecule has 0 spiro atoms. The number of aliphatic hydroxyl groups is 1. The topological polar surface area (TPSA) is 95.9 Å². The zero-order valence-corrected chi connectivity index (χ0v) is 13.1. The Hall–Kier alpha value is -2.08. The van der Waals surface area contributed by atoms with Gasteiger partial charge in [-0.3, -0.25) is 0 Å². The second-order valence-electron chi connectivity index (χ2n) is 6.12. The molecule has 22 heavy (non-hydrogen) atoms. The fourth-order valence-corrected chi connectivity index (χ4v) is 2.21. The molecule has 0 unspecified atom stereocenters. The highest BCUT2D eigenvalue weighted by Crippen LogP contribution is 2.33. The highest BCUT2D eigenvalue weighted by Gasteiger charge is 2.50. The largest absolute Gasteiger partial charge is 0.479 e. The van der Waals surface area contributed by atoms with Gasteiger partial charge in [0.15, 0.2) is 0 Å². The molecule has 0 saturated carbocycles. The van der Waals surface area contributed by atoms with Crippen molar-refractivity contribution in [3.8, 4) is 0 Å². The van der Waals surface area contributed by atoms with Crippen molar-refractivity contribution in [1.82, 2.24) is 5.32 Å². The summed E-state index contributed by atoms with van der Waals surface area (Å²) in [6.07, 6.45) is -0.929. The number of aliphatic carboxylic acids is 1. The summed E-state index contributed by atoms with van der Waals surface area (Å²) in [5, 5.41) is 21.1. The number of amides is 1. The number of alkyl carbamates (subject to hydrolysis) is 1. The second-order valence-corrected chi connectivity index (χ2v) is 6.12. The molecule has 0 aliphatic heterocycles. The second kappa shape index (κ2) is 7.26. The Morgan fingerprint density at radius 3 is 2.23 bits per heavy atom. The van der Waals surface area contributed by atoms with Crippen molar-refractivity contribution in [3.05, 3.63) is 35.9 Å². The van der Waals surface area contributed by atoms with Crippen LogP contribution in [0.1, 0.15) is 32.8 Å². The Morgan fingerprint density at radius 2 is 1.77 bits per heavy atom. The maximum atomic E-state index is 12.0. The standard InChI is InChI=1S/C16H23NO5/c1-15(2,3)16(9-10-18,13(19)20)17-14(21)22-11-12-7-5-4-6-8-12/h4-8,18H,9-11H2,1-3H3,(H,17,21)(H,19,20)/t16-/m0/s1. The first kappa shape index (κ1) is 18.0. The van der Waals surface area contributed by atoms with Crippen molar-refractivity contribution in [2.24, 2.45) is 5.41 Å². The summed E-state index contributed by atoms with van der Waals surface area (Å²) in [7, 11) is 0. The van der Waals surface area contributed by atoms with Gasteiger partial charge in [-0.15, -0.1) is 0 Å². The van der Waals surface area contributed by atoms with Gasteiger partial charge in [-0.2, -0.15) is 0 Å². The lowest BCUT2D eigenvalue weighted by molar-refractivity contribution is -0.150. The molecule has 0 fully saturated rings. The first-order chi connectivity index (χ1) is 10.2. The van der Waals surface area contributed by atoms with Crippen molar-refractivity contribution in [3.63, 3.8) is 0 Å². The van der Waals surface area contributed by atoms with Crippen LogP contribution in [0.5, 0.6) is 0 Å². The van der Waals surface area contributed by atoms with Crippen LogP contribution in [0, 0.1) is 5.41 Å². The third-order valence-electron chi connectivity index (χ3n) is 3.66. The van der Waals surface area contributed by atoms with E-state index in [9.17, 15) is 19.8 Å². The van der Waals surface area contributed by atoms with Crippen molar-refractivity contribution < 1.29 is 24.5 Å². The van der Waals surface area contributed by atoms with E-state index >= 15 is 0 Å². The van der Waals surface area contributed by atoms with Crippen molar-refractivity contribution in [1.29, 1.82) is 0 Å². The molecular formula is C16H23NO5. The fourth-order valence-electron chi connectivity index (χ4n) is 2.21. The van der Waals surface area contributed by atoms with Gasteiger partial charge in [0.25, 0.3) is 0 Å². The van der Waals surface area contributed by atoms with E-state index in [1.165, 1.54) is 0 Å². The highest BCUT2D eigenvalue weighted by molar-refractivity contribution is 5.85. The predicted octanol–water partition coefficient (Wildman–Crippen LogP) is 2.16. The van der Waals surface area contributed by atoms with Crippen molar-refractivity contribution >= 4 is 12.1 Å². The number of carbonyl (C=O) groups excluding carboxylic acids is 1. The lowest BCUT2D eigenvalue weighted by atomic mass is 9.71. The first-order valence-corrected chi connectivity index (χ1v) is 7.06. The number of hydrogen-bond acceptors (Lipinski definition) is 4. The Morgan fingerprint density at radius 1 is 1.18 bits per heavy atom. The molecular weight excluding hydrogens is 286 g/mol. The van der Waals surface area contributed by atoms with Gasteiger partial charge < -0.3 is 20.3 Å². The zero-order valence-electron chi connectivity index (χ0n) is 13.1. The summed E-state index contributed by atoms with van der Waals surface area (Å²) < 4.78 is 5.08. The molecule has 0 aliphatic carbocycles. The normalized spacial score (nSPS) is 14.0. The van der Waals surface area contributed by atoms with E-state index in [0.717, 1.165) is 5.56 Å². The third-order valence-corrected chi connectivity index (χ3v) is 3.66. The Bertz CT molecular complexity index is 509. The van der Waals surface area contributed by atoms with E-state index < -0.39 is 23.0 Å². The fraction of sp³-hybridized carbons (Fsp3) is 0.500. The molecule has 1 amide bonds. The summed E-state index contributed by atoms with van der Waals surface area (Å²) in [5.74, 6) is -1.20. The maximum Gasteiger partial charge on any atom is 0.408 e. The van der Waals surface area contributed by atoms with E-state index in [-0.39, 0.29) is 19.6 Å². The highest BCUT2D eigenvalue weighted by atomic mass is 16.5. The van der Waals surface area contributed by atoms with Crippen LogP contribution < -0.4 is 5.32 Å². The van der Waals surface area contributed by atoms with Gasteiger partial charge in [0.1, 0.15) is 12.1 Å². The van der Waals surface area contributed by atoms with Crippen LogP contribution in [-0.4, -0.2) is 34.4 Å². The number of hydrogen-bond donors (Lipinski definition) is 3. The number of rotatable bonds is 6. The summed E-state index contributed by atoms with van der Waals surface area (Å²) in [6, 6.07) is 9.09. The number of carboxylic acid groups (broad SMARTS) is 1. The van der Waals surface area contributed by atoms with Gasteiger partial charge in [0, 0.05) is 13.0 Å². The van der Waals surface area contributed by atoms with Gasteiger partial charge in [-0.1, -0.05) is 51.1 Å². The van der Waals surface area contributed by atoms with Crippen molar-refractivity contribution in [2.45, 2.75) is 39.3 Å². The molecule has 1 aromatic rings. The predicted molar refractivity (Wildman–Crippen MR) is 81.3 cm³/mol. The van der Waals surface area contributed by atoms with Crippen LogP contribution >= 0.6 is 0 Å². The molecule has 1 rings (SSSR count). The van der Waals surface area contributed by atoms with Crippen LogP contribution in [-0.2, 0) is 16.1 Å². The molecule has 0 bridgehead atoms. The van der Waals surface area contributed by atoms with E-state index in [4.69, 9.17) is 4.74 Å². The Labute approximate surface area is 130 Å². The Kier molecular flexibility index (Phi) is 5.93. The quantitative estimate of drug-likeness (QED) is 0.748. The van der Waals surface area contributed by atoms with Gasteiger partial charge in [-0.25, -0.2) is 9.59 Å². The van der Waals surface area contributed by atoms with E-state index in [1.54, 1.807) is 32.9 Å². The average molecular weight is 309 g/mol. The lowest BCUT2D eigenvalue weighted by Gasteiger charge is -2.41. The minimum absolute atomic E-state index is 0.0473. The zero-order chi connectivity index (χ0) is 16.8. The summed E-state index contributed by atoms with van der Waals surface area (Å²) in [4.78, 5) is 23.7. The van der Waals surface area contributed by atoms with Gasteiger partial charge in [0.05, 0.1) is 0 Å². The maximum absolute atomic E-state index is 12.0. The number of ether oxygens (including phenoxy) is 1. The van der Waals surface area contributed by atoms with Crippen LogP contribution in [0.2, 0.25) is 0 Å². The number of benzene rings is 1. The van der Waals surface area contributed by atoms with Crippen LogP contribution in [0.3, 0.4) is 0 Å². The molecule has 1 aromatic carbocycles. The first-order valence-electron chi connectivity index (χ1n) is 7.06. The van der Waals surface area contributed by atoms with Crippen LogP contribution in [0.4, 0.5) is 4.79 Å². The Balaban J connectivity index is 2.81. The molecule has 1 atom stereocenters. The monoisotopic (exact) mass is 309 g/mol. The summed E-state index contributed by atoms with van der Waals surface area (Å²) in [6.45, 7) is 4.75. The molecule has 0 aliphatic rings. The molecule has 0 heterocycles. The molecule has 0 aromatic heterocycles. The van der Waals surface area contributed by atoms with E-state index in [0.29, 0.717) is 0 Å². The number of carboxylic acids is 1. The minimum Gasteiger partial charge on any atom is -0.479 e. The molecule has 6 heteroatoms. The van der Waals surface area contributed by atoms with E-state index in [1.807, 2.05) is 18.2 Å². The van der Waals surface area contributed by atoms with Crippen LogP contribution in [0.15, 0.2) is 30.3 Å². The smallest absolute Gasteiger partial charge is 0.408 e. The molecule has 3 N–H and O–H groups in total. The minimum atomic E-state index is -1.60. The molecule has 122 valence electrons. The number of carbonyl (C=O) groups is 2. The number of nitrogens with one attached hydrogen (secondary N) is 1. The molecule has 0 radical (unpaired) electrons. The lowest BCUT2D eigenvalue weighted by Crippen LogP contribution is -2.63. The van der Waals surface area contributed by atoms with E-state index in [2.05, 4.69) is 5.32 Å². The van der Waals surface area contributed by atoms with Gasteiger partial charge in [-0.05, 0) is 11.0 Å². The third kappa shape index (κ3) is 4.21. The van der Waals surface area contributed by atoms with Crippen molar-refractivity contribution in [2.75, 3.05) is 6.61 Å². The van der Waals surface area contributed by atoms with Gasteiger partial charge in [0.2, 0.25) is 0 Å². The molecule has 0 saturated heterocycles. The van der Waals surface area contributed by atoms with Crippen LogP contribution in [0.25, 0.3) is 0 Å².